The van der Waals surface area contributed by atoms with Gasteiger partial charge >= 0.3 is 0 Å². The minimum atomic E-state index is 0.158. The minimum absolute atomic E-state index is 0.158. The van der Waals surface area contributed by atoms with Crippen molar-refractivity contribution in [1.29, 1.82) is 0 Å². The smallest absolute Gasteiger partial charge is 0.223 e. The number of amides is 1. The number of para-hydroxylation sites is 1. The lowest BCUT2D eigenvalue weighted by atomic mass is 10.2. The van der Waals surface area contributed by atoms with Crippen molar-refractivity contribution in [1.82, 2.24) is 9.80 Å². The van der Waals surface area contributed by atoms with E-state index < -0.39 is 0 Å². The van der Waals surface area contributed by atoms with Crippen LogP contribution in [0.4, 0.5) is 0 Å². The van der Waals surface area contributed by atoms with Crippen molar-refractivity contribution >= 4 is 17.7 Å². The predicted octanol–water partition coefficient (Wildman–Crippen LogP) is 2.24. The molecule has 2 aliphatic rings. The van der Waals surface area contributed by atoms with Crippen LogP contribution in [0.2, 0.25) is 0 Å². The highest BCUT2D eigenvalue weighted by atomic mass is 32.2. The Morgan fingerprint density at radius 1 is 1.32 bits per heavy atom. The average molecular weight is 320 g/mol. The Kier molecular flexibility index (Phi) is 5.26. The third-order valence-electron chi connectivity index (χ3n) is 4.22. The lowest BCUT2D eigenvalue weighted by Gasteiger charge is -2.28. The van der Waals surface area contributed by atoms with Crippen LogP contribution in [0.15, 0.2) is 24.3 Å². The normalized spacial score (nSPS) is 22.6. The molecule has 0 spiro atoms. The Morgan fingerprint density at radius 3 is 2.91 bits per heavy atom. The minimum Gasteiger partial charge on any atom is -0.489 e. The zero-order valence-electron chi connectivity index (χ0n) is 13.2. The monoisotopic (exact) mass is 320 g/mol. The van der Waals surface area contributed by atoms with Gasteiger partial charge in [-0.25, -0.2) is 0 Å². The maximum atomic E-state index is 12.3. The van der Waals surface area contributed by atoms with Gasteiger partial charge in [0.25, 0.3) is 0 Å². The van der Waals surface area contributed by atoms with Crippen molar-refractivity contribution in [2.75, 3.05) is 37.7 Å². The van der Waals surface area contributed by atoms with Crippen LogP contribution in [0.3, 0.4) is 0 Å². The molecule has 1 amide bonds. The first kappa shape index (κ1) is 15.7. The molecule has 120 valence electrons. The van der Waals surface area contributed by atoms with Gasteiger partial charge in [-0.15, -0.1) is 0 Å². The molecular weight excluding hydrogens is 296 g/mol. The number of nitrogens with zero attached hydrogens (tertiary/aromatic N) is 2. The Morgan fingerprint density at radius 2 is 2.09 bits per heavy atom. The summed E-state index contributed by atoms with van der Waals surface area (Å²) in [4.78, 5) is 16.7. The molecule has 0 aromatic heterocycles. The molecule has 1 saturated heterocycles. The second-order valence-corrected chi connectivity index (χ2v) is 7.24. The molecule has 3 rings (SSSR count). The molecule has 5 heteroatoms. The Labute approximate surface area is 136 Å². The molecule has 22 heavy (non-hydrogen) atoms. The third kappa shape index (κ3) is 3.96. The number of carbonyl (C=O) groups is 1. The summed E-state index contributed by atoms with van der Waals surface area (Å²) in [6.07, 6.45) is 0.768. The van der Waals surface area contributed by atoms with Crippen LogP contribution < -0.4 is 4.74 Å². The van der Waals surface area contributed by atoms with E-state index >= 15 is 0 Å². The highest BCUT2D eigenvalue weighted by Gasteiger charge is 2.22. The van der Waals surface area contributed by atoms with Crippen molar-refractivity contribution in [3.8, 4) is 5.75 Å². The lowest BCUT2D eigenvalue weighted by Crippen LogP contribution is -2.40. The molecule has 0 saturated carbocycles. The molecule has 4 nitrogen and oxygen atoms in total. The first-order chi connectivity index (χ1) is 10.7. The number of fused-ring (bicyclic) bond motifs is 1. The molecule has 1 aromatic carbocycles. The van der Waals surface area contributed by atoms with Crippen molar-refractivity contribution < 1.29 is 9.53 Å². The Balaban J connectivity index is 1.57. The van der Waals surface area contributed by atoms with E-state index in [4.69, 9.17) is 4.74 Å². The van der Waals surface area contributed by atoms with Gasteiger partial charge < -0.3 is 9.64 Å². The van der Waals surface area contributed by atoms with Crippen molar-refractivity contribution in [3.05, 3.63) is 29.8 Å². The van der Waals surface area contributed by atoms with E-state index in [1.165, 1.54) is 5.56 Å². The Hall–Kier alpha value is -1.20. The van der Waals surface area contributed by atoms with Crippen LogP contribution in [0.5, 0.6) is 5.75 Å². The van der Waals surface area contributed by atoms with Gasteiger partial charge in [0.05, 0.1) is 0 Å². The molecule has 2 aliphatic heterocycles. The summed E-state index contributed by atoms with van der Waals surface area (Å²) in [5.74, 6) is 3.43. The number of carbonyl (C=O) groups excluding carboxylic acids is 1. The van der Waals surface area contributed by atoms with E-state index in [9.17, 15) is 4.79 Å². The number of hydrogen-bond donors (Lipinski definition) is 0. The number of rotatable bonds is 3. The van der Waals surface area contributed by atoms with Gasteiger partial charge in [-0.05, 0) is 13.0 Å². The zero-order valence-corrected chi connectivity index (χ0v) is 14.0. The van der Waals surface area contributed by atoms with Crippen LogP contribution in [-0.4, -0.2) is 59.5 Å². The highest BCUT2D eigenvalue weighted by Crippen LogP contribution is 2.24. The average Bonchev–Trinajstić information content (AvgIpc) is 2.71. The van der Waals surface area contributed by atoms with Gasteiger partial charge in [0.15, 0.2) is 0 Å². The van der Waals surface area contributed by atoms with Crippen LogP contribution in [-0.2, 0) is 11.3 Å². The summed E-state index contributed by atoms with van der Waals surface area (Å²) in [5.41, 5.74) is 1.22. The summed E-state index contributed by atoms with van der Waals surface area (Å²) >= 11 is 1.94. The van der Waals surface area contributed by atoms with E-state index in [0.717, 1.165) is 50.0 Å². The topological polar surface area (TPSA) is 32.8 Å². The highest BCUT2D eigenvalue weighted by molar-refractivity contribution is 7.99. The molecule has 0 aliphatic carbocycles. The van der Waals surface area contributed by atoms with Gasteiger partial charge in [-0.1, -0.05) is 18.2 Å². The quantitative estimate of drug-likeness (QED) is 0.855. The SMILES string of the molecule is CC1CN(CCC(=O)N2CCSCC2)Cc2ccccc2O1. The summed E-state index contributed by atoms with van der Waals surface area (Å²) < 4.78 is 5.97. The summed E-state index contributed by atoms with van der Waals surface area (Å²) in [6, 6.07) is 8.21. The van der Waals surface area contributed by atoms with E-state index in [0.29, 0.717) is 12.3 Å². The van der Waals surface area contributed by atoms with Gasteiger partial charge in [-0.2, -0.15) is 11.8 Å². The van der Waals surface area contributed by atoms with Crippen LogP contribution in [0, 0.1) is 0 Å². The lowest BCUT2D eigenvalue weighted by molar-refractivity contribution is -0.131. The molecule has 0 radical (unpaired) electrons. The summed E-state index contributed by atoms with van der Waals surface area (Å²) in [5, 5.41) is 0. The van der Waals surface area contributed by atoms with Gasteiger partial charge in [0, 0.05) is 56.2 Å². The Bertz CT molecular complexity index is 517. The van der Waals surface area contributed by atoms with Gasteiger partial charge in [0.1, 0.15) is 11.9 Å². The fourth-order valence-corrected chi connectivity index (χ4v) is 3.97. The van der Waals surface area contributed by atoms with Gasteiger partial charge in [0.2, 0.25) is 5.91 Å². The van der Waals surface area contributed by atoms with Crippen LogP contribution in [0.25, 0.3) is 0 Å². The number of benzene rings is 1. The first-order valence-electron chi connectivity index (χ1n) is 8.05. The van der Waals surface area contributed by atoms with Crippen LogP contribution >= 0.6 is 11.8 Å². The second kappa shape index (κ2) is 7.38. The zero-order chi connectivity index (χ0) is 15.4. The molecule has 1 unspecified atom stereocenters. The van der Waals surface area contributed by atoms with E-state index in [1.54, 1.807) is 0 Å². The van der Waals surface area contributed by atoms with Crippen LogP contribution in [0.1, 0.15) is 18.9 Å². The molecule has 0 bridgehead atoms. The van der Waals surface area contributed by atoms with E-state index in [1.807, 2.05) is 34.9 Å². The molecule has 1 fully saturated rings. The summed E-state index contributed by atoms with van der Waals surface area (Å²) in [6.45, 7) is 6.46. The molecular formula is C17H24N2O2S. The standard InChI is InChI=1S/C17H24N2O2S/c1-14-12-18(13-15-4-2-3-5-16(15)21-14)7-6-17(20)19-8-10-22-11-9-19/h2-5,14H,6-13H2,1H3. The largest absolute Gasteiger partial charge is 0.489 e. The number of ether oxygens (including phenoxy) is 1. The molecule has 1 atom stereocenters. The van der Waals surface area contributed by atoms with Crippen molar-refractivity contribution in [3.63, 3.8) is 0 Å². The summed E-state index contributed by atoms with van der Waals surface area (Å²) in [7, 11) is 0. The predicted molar refractivity (Wildman–Crippen MR) is 90.3 cm³/mol. The fraction of sp³-hybridized carbons (Fsp3) is 0.588. The molecule has 0 N–H and O–H groups in total. The number of thioether (sulfide) groups is 1. The molecule has 2 heterocycles. The van der Waals surface area contributed by atoms with E-state index in [2.05, 4.69) is 17.9 Å². The van der Waals surface area contributed by atoms with Gasteiger partial charge in [-0.3, -0.25) is 9.69 Å². The third-order valence-corrected chi connectivity index (χ3v) is 5.16. The van der Waals surface area contributed by atoms with Crippen molar-refractivity contribution in [2.45, 2.75) is 26.0 Å². The van der Waals surface area contributed by atoms with Crippen molar-refractivity contribution in [2.24, 2.45) is 0 Å². The van der Waals surface area contributed by atoms with E-state index in [-0.39, 0.29) is 6.10 Å². The molecule has 1 aromatic rings. The maximum absolute atomic E-state index is 12.3. The second-order valence-electron chi connectivity index (χ2n) is 6.01. The number of hydrogen-bond acceptors (Lipinski definition) is 4. The maximum Gasteiger partial charge on any atom is 0.223 e. The first-order valence-corrected chi connectivity index (χ1v) is 9.20. The fourth-order valence-electron chi connectivity index (χ4n) is 3.07.